The Labute approximate surface area is 218 Å². The molecule has 0 saturated carbocycles. The van der Waals surface area contributed by atoms with Gasteiger partial charge in [0.05, 0.1) is 30.4 Å². The number of benzene rings is 3. The molecular formula is C28H33N3O5S. The fourth-order valence-electron chi connectivity index (χ4n) is 4.15. The van der Waals surface area contributed by atoms with Gasteiger partial charge in [0.15, 0.2) is 0 Å². The van der Waals surface area contributed by atoms with Crippen LogP contribution >= 0.6 is 0 Å². The van der Waals surface area contributed by atoms with Gasteiger partial charge in [0.1, 0.15) is 12.3 Å². The van der Waals surface area contributed by atoms with Crippen molar-refractivity contribution in [2.75, 3.05) is 43.8 Å². The minimum atomic E-state index is -3.96. The zero-order valence-corrected chi connectivity index (χ0v) is 21.8. The maximum absolute atomic E-state index is 13.5. The molecule has 0 bridgehead atoms. The molecule has 1 fully saturated rings. The average Bonchev–Trinajstić information content (AvgIpc) is 2.92. The molecule has 3 aromatic carbocycles. The van der Waals surface area contributed by atoms with Crippen molar-refractivity contribution in [3.05, 3.63) is 90.0 Å². The van der Waals surface area contributed by atoms with Crippen LogP contribution in [0.15, 0.2) is 83.8 Å². The number of sulfonamides is 1. The summed E-state index contributed by atoms with van der Waals surface area (Å²) in [6, 6.07) is 22.9. The highest BCUT2D eigenvalue weighted by molar-refractivity contribution is 7.92. The van der Waals surface area contributed by atoms with E-state index in [2.05, 4.69) is 22.3 Å². The van der Waals surface area contributed by atoms with Gasteiger partial charge in [-0.2, -0.15) is 0 Å². The smallest absolute Gasteiger partial charge is 0.264 e. The van der Waals surface area contributed by atoms with E-state index in [0.717, 1.165) is 48.3 Å². The lowest BCUT2D eigenvalue weighted by Gasteiger charge is -2.26. The summed E-state index contributed by atoms with van der Waals surface area (Å²) in [4.78, 5) is 15.4. The molecule has 0 unspecified atom stereocenters. The molecule has 0 aliphatic carbocycles. The Morgan fingerprint density at radius 3 is 2.38 bits per heavy atom. The molecule has 1 heterocycles. The minimum Gasteiger partial charge on any atom is -0.494 e. The third-order valence-electron chi connectivity index (χ3n) is 6.05. The van der Waals surface area contributed by atoms with Crippen LogP contribution in [-0.4, -0.2) is 58.7 Å². The molecule has 9 heteroatoms. The highest BCUT2D eigenvalue weighted by Gasteiger charge is 2.27. The summed E-state index contributed by atoms with van der Waals surface area (Å²) in [5, 5.41) is 2.88. The highest BCUT2D eigenvalue weighted by Crippen LogP contribution is 2.25. The fraction of sp³-hybridized carbons (Fsp3) is 0.321. The molecule has 1 amide bonds. The second-order valence-electron chi connectivity index (χ2n) is 8.74. The monoisotopic (exact) mass is 523 g/mol. The number of amides is 1. The van der Waals surface area contributed by atoms with Crippen molar-refractivity contribution in [2.24, 2.45) is 0 Å². The van der Waals surface area contributed by atoms with Gasteiger partial charge in [0, 0.05) is 26.2 Å². The third kappa shape index (κ3) is 7.31. The zero-order chi connectivity index (χ0) is 26.1. The first-order valence-electron chi connectivity index (χ1n) is 12.4. The van der Waals surface area contributed by atoms with E-state index in [0.29, 0.717) is 24.6 Å². The molecule has 0 radical (unpaired) electrons. The van der Waals surface area contributed by atoms with E-state index in [1.807, 2.05) is 19.1 Å². The lowest BCUT2D eigenvalue weighted by atomic mass is 10.1. The first kappa shape index (κ1) is 26.7. The van der Waals surface area contributed by atoms with E-state index in [1.54, 1.807) is 42.5 Å². The minimum absolute atomic E-state index is 0.118. The van der Waals surface area contributed by atoms with E-state index in [9.17, 15) is 13.2 Å². The predicted octanol–water partition coefficient (Wildman–Crippen LogP) is 3.43. The van der Waals surface area contributed by atoms with Crippen molar-refractivity contribution >= 4 is 21.6 Å². The molecule has 1 N–H and O–H groups in total. The summed E-state index contributed by atoms with van der Waals surface area (Å²) < 4.78 is 39.0. The van der Waals surface area contributed by atoms with Crippen molar-refractivity contribution < 1.29 is 22.7 Å². The second kappa shape index (κ2) is 12.7. The Morgan fingerprint density at radius 2 is 1.68 bits per heavy atom. The SMILES string of the molecule is CCOc1ccc(N(CC(=O)NCc2cccc(CN3CCOCC3)c2)S(=O)(=O)c2ccccc2)cc1. The van der Waals surface area contributed by atoms with Gasteiger partial charge >= 0.3 is 0 Å². The summed E-state index contributed by atoms with van der Waals surface area (Å²) in [5.74, 6) is 0.233. The molecule has 0 atom stereocenters. The molecule has 1 aliphatic rings. The number of carbonyl (C=O) groups excluding carboxylic acids is 1. The van der Waals surface area contributed by atoms with E-state index in [-0.39, 0.29) is 11.4 Å². The number of rotatable bonds is 11. The fourth-order valence-corrected chi connectivity index (χ4v) is 5.59. The number of nitrogens with zero attached hydrogens (tertiary/aromatic N) is 2. The van der Waals surface area contributed by atoms with Gasteiger partial charge in [-0.1, -0.05) is 42.5 Å². The number of hydrogen-bond donors (Lipinski definition) is 1. The molecule has 8 nitrogen and oxygen atoms in total. The van der Waals surface area contributed by atoms with Crippen LogP contribution in [0.5, 0.6) is 5.75 Å². The molecule has 3 aromatic rings. The maximum Gasteiger partial charge on any atom is 0.264 e. The van der Waals surface area contributed by atoms with Crippen molar-refractivity contribution in [2.45, 2.75) is 24.9 Å². The number of anilines is 1. The van der Waals surface area contributed by atoms with Crippen molar-refractivity contribution in [3.63, 3.8) is 0 Å². The van der Waals surface area contributed by atoms with Crippen LogP contribution in [-0.2, 0) is 32.6 Å². The topological polar surface area (TPSA) is 88.2 Å². The second-order valence-corrected chi connectivity index (χ2v) is 10.6. The number of ether oxygens (including phenoxy) is 2. The first-order chi connectivity index (χ1) is 18.0. The predicted molar refractivity (Wildman–Crippen MR) is 143 cm³/mol. The Morgan fingerprint density at radius 1 is 0.973 bits per heavy atom. The molecule has 4 rings (SSSR count). The normalized spacial score (nSPS) is 14.2. The van der Waals surface area contributed by atoms with Gasteiger partial charge in [-0.15, -0.1) is 0 Å². The van der Waals surface area contributed by atoms with Crippen LogP contribution in [0.3, 0.4) is 0 Å². The van der Waals surface area contributed by atoms with Gasteiger partial charge in [-0.3, -0.25) is 14.0 Å². The van der Waals surface area contributed by atoms with Crippen LogP contribution in [0.4, 0.5) is 5.69 Å². The Kier molecular flexibility index (Phi) is 9.16. The largest absolute Gasteiger partial charge is 0.494 e. The van der Waals surface area contributed by atoms with Crippen LogP contribution in [0.25, 0.3) is 0 Å². The summed E-state index contributed by atoms with van der Waals surface area (Å²) in [6.07, 6.45) is 0. The van der Waals surface area contributed by atoms with Gasteiger partial charge in [-0.05, 0) is 54.4 Å². The number of carbonyl (C=O) groups is 1. The number of hydrogen-bond acceptors (Lipinski definition) is 6. The molecule has 0 spiro atoms. The molecule has 1 saturated heterocycles. The van der Waals surface area contributed by atoms with Crippen molar-refractivity contribution in [1.29, 1.82) is 0 Å². The van der Waals surface area contributed by atoms with Crippen LogP contribution < -0.4 is 14.4 Å². The average molecular weight is 524 g/mol. The third-order valence-corrected chi connectivity index (χ3v) is 7.83. The Hall–Kier alpha value is -3.40. The van der Waals surface area contributed by atoms with Gasteiger partial charge in [-0.25, -0.2) is 8.42 Å². The van der Waals surface area contributed by atoms with E-state index in [1.165, 1.54) is 12.1 Å². The van der Waals surface area contributed by atoms with Crippen molar-refractivity contribution in [3.8, 4) is 5.75 Å². The quantitative estimate of drug-likeness (QED) is 0.414. The lowest BCUT2D eigenvalue weighted by molar-refractivity contribution is -0.119. The Balaban J connectivity index is 1.46. The molecular weight excluding hydrogens is 490 g/mol. The van der Waals surface area contributed by atoms with E-state index >= 15 is 0 Å². The first-order valence-corrected chi connectivity index (χ1v) is 13.8. The Bertz CT molecular complexity index is 1260. The summed E-state index contributed by atoms with van der Waals surface area (Å²) >= 11 is 0. The van der Waals surface area contributed by atoms with E-state index < -0.39 is 15.9 Å². The molecule has 196 valence electrons. The molecule has 0 aromatic heterocycles. The van der Waals surface area contributed by atoms with Gasteiger partial charge < -0.3 is 14.8 Å². The summed E-state index contributed by atoms with van der Waals surface area (Å²) in [6.45, 7) is 6.45. The number of morpholine rings is 1. The summed E-state index contributed by atoms with van der Waals surface area (Å²) in [5.41, 5.74) is 2.50. The highest BCUT2D eigenvalue weighted by atomic mass is 32.2. The summed E-state index contributed by atoms with van der Waals surface area (Å²) in [7, 11) is -3.96. The zero-order valence-electron chi connectivity index (χ0n) is 21.0. The van der Waals surface area contributed by atoms with Gasteiger partial charge in [0.25, 0.3) is 10.0 Å². The van der Waals surface area contributed by atoms with Gasteiger partial charge in [0.2, 0.25) is 5.91 Å². The van der Waals surface area contributed by atoms with Crippen molar-refractivity contribution in [1.82, 2.24) is 10.2 Å². The molecule has 1 aliphatic heterocycles. The molecule has 37 heavy (non-hydrogen) atoms. The maximum atomic E-state index is 13.5. The van der Waals surface area contributed by atoms with E-state index in [4.69, 9.17) is 9.47 Å². The van der Waals surface area contributed by atoms with Crippen LogP contribution in [0.1, 0.15) is 18.1 Å². The lowest BCUT2D eigenvalue weighted by Crippen LogP contribution is -2.40. The standard InChI is InChI=1S/C28H33N3O5S/c1-2-36-26-13-11-25(12-14-26)31(37(33,34)27-9-4-3-5-10-27)22-28(32)29-20-23-7-6-8-24(19-23)21-30-15-17-35-18-16-30/h3-14,19H,2,15-18,20-22H2,1H3,(H,29,32). The van der Waals surface area contributed by atoms with Crippen LogP contribution in [0.2, 0.25) is 0 Å². The number of nitrogens with one attached hydrogen (secondary N) is 1. The van der Waals surface area contributed by atoms with Crippen LogP contribution in [0, 0.1) is 0 Å².